The Morgan fingerprint density at radius 3 is 1.84 bits per heavy atom. The van der Waals surface area contributed by atoms with Crippen LogP contribution in [0.1, 0.15) is 39.9 Å². The maximum atomic E-state index is 13.4. The standard InChI is InChI=1S/C26H24N2O4/c29-25(28(18-22-13-7-15-31-22)19-23-14-8-16-32-23)17-24(20-9-3-1-4-10-20)27-26(30)21-11-5-2-6-12-21/h1-16,24H,17-19H2,(H,27,30). The summed E-state index contributed by atoms with van der Waals surface area (Å²) >= 11 is 0. The van der Waals surface area contributed by atoms with Crippen LogP contribution in [0.3, 0.4) is 0 Å². The number of carbonyl (C=O) groups excluding carboxylic acids is 2. The Balaban J connectivity index is 1.54. The van der Waals surface area contributed by atoms with Crippen LogP contribution in [0.2, 0.25) is 0 Å². The van der Waals surface area contributed by atoms with Crippen molar-refractivity contribution in [2.24, 2.45) is 0 Å². The molecule has 6 nitrogen and oxygen atoms in total. The number of carbonyl (C=O) groups is 2. The van der Waals surface area contributed by atoms with Gasteiger partial charge in [-0.1, -0.05) is 48.5 Å². The minimum atomic E-state index is -0.480. The fourth-order valence-corrected chi connectivity index (χ4v) is 3.49. The van der Waals surface area contributed by atoms with E-state index in [0.29, 0.717) is 30.2 Å². The number of hydrogen-bond acceptors (Lipinski definition) is 4. The van der Waals surface area contributed by atoms with Crippen LogP contribution in [0, 0.1) is 0 Å². The van der Waals surface area contributed by atoms with Gasteiger partial charge in [0.1, 0.15) is 11.5 Å². The molecule has 0 radical (unpaired) electrons. The van der Waals surface area contributed by atoms with Gasteiger partial charge in [-0.2, -0.15) is 0 Å². The highest BCUT2D eigenvalue weighted by molar-refractivity contribution is 5.94. The van der Waals surface area contributed by atoms with E-state index in [1.807, 2.05) is 60.7 Å². The highest BCUT2D eigenvalue weighted by Gasteiger charge is 2.24. The zero-order valence-corrected chi connectivity index (χ0v) is 17.5. The van der Waals surface area contributed by atoms with Crippen molar-refractivity contribution in [2.75, 3.05) is 0 Å². The number of furan rings is 2. The molecular weight excluding hydrogens is 404 g/mol. The van der Waals surface area contributed by atoms with Gasteiger partial charge in [0.15, 0.2) is 0 Å². The number of rotatable bonds is 9. The normalized spacial score (nSPS) is 11.6. The third-order valence-corrected chi connectivity index (χ3v) is 5.13. The van der Waals surface area contributed by atoms with E-state index in [2.05, 4.69) is 5.32 Å². The summed E-state index contributed by atoms with van der Waals surface area (Å²) in [5.74, 6) is 1.000. The van der Waals surface area contributed by atoms with Gasteiger partial charge in [-0.3, -0.25) is 9.59 Å². The SMILES string of the molecule is O=C(NC(CC(=O)N(Cc1ccco1)Cc1ccco1)c1ccccc1)c1ccccc1. The van der Waals surface area contributed by atoms with E-state index in [1.165, 1.54) is 0 Å². The topological polar surface area (TPSA) is 75.7 Å². The first-order chi connectivity index (χ1) is 15.7. The van der Waals surface area contributed by atoms with Crippen molar-refractivity contribution >= 4 is 11.8 Å². The predicted octanol–water partition coefficient (Wildman–Crippen LogP) is 4.96. The summed E-state index contributed by atoms with van der Waals surface area (Å²) in [6.45, 7) is 0.612. The maximum absolute atomic E-state index is 13.4. The molecule has 0 fully saturated rings. The van der Waals surface area contributed by atoms with Gasteiger partial charge in [0.05, 0.1) is 38.1 Å². The molecule has 0 aliphatic rings. The van der Waals surface area contributed by atoms with Crippen LogP contribution >= 0.6 is 0 Å². The largest absolute Gasteiger partial charge is 0.467 e. The van der Waals surface area contributed by atoms with Gasteiger partial charge >= 0.3 is 0 Å². The highest BCUT2D eigenvalue weighted by Crippen LogP contribution is 2.21. The van der Waals surface area contributed by atoms with Gasteiger partial charge in [-0.05, 0) is 42.0 Å². The fourth-order valence-electron chi connectivity index (χ4n) is 3.49. The van der Waals surface area contributed by atoms with Crippen LogP contribution in [-0.4, -0.2) is 16.7 Å². The first kappa shape index (κ1) is 21.2. The maximum Gasteiger partial charge on any atom is 0.251 e. The van der Waals surface area contributed by atoms with E-state index in [1.54, 1.807) is 41.7 Å². The highest BCUT2D eigenvalue weighted by atomic mass is 16.3. The molecule has 6 heteroatoms. The molecule has 0 bridgehead atoms. The Hall–Kier alpha value is -4.06. The van der Waals surface area contributed by atoms with Gasteiger partial charge in [-0.25, -0.2) is 0 Å². The lowest BCUT2D eigenvalue weighted by molar-refractivity contribution is -0.133. The lowest BCUT2D eigenvalue weighted by Crippen LogP contribution is -2.36. The minimum Gasteiger partial charge on any atom is -0.467 e. The molecule has 2 amide bonds. The van der Waals surface area contributed by atoms with E-state index in [-0.39, 0.29) is 18.2 Å². The number of benzene rings is 2. The van der Waals surface area contributed by atoms with E-state index in [4.69, 9.17) is 8.83 Å². The Morgan fingerprint density at radius 1 is 0.750 bits per heavy atom. The second-order valence-electron chi connectivity index (χ2n) is 7.42. The molecule has 2 aromatic heterocycles. The summed E-state index contributed by atoms with van der Waals surface area (Å²) in [6.07, 6.45) is 3.26. The Kier molecular flexibility index (Phi) is 6.82. The molecule has 32 heavy (non-hydrogen) atoms. The summed E-state index contributed by atoms with van der Waals surface area (Å²) < 4.78 is 10.9. The summed E-state index contributed by atoms with van der Waals surface area (Å²) in [5.41, 5.74) is 1.41. The quantitative estimate of drug-likeness (QED) is 0.409. The Bertz CT molecular complexity index is 1070. The molecule has 1 atom stereocenters. The molecular formula is C26H24N2O4. The van der Waals surface area contributed by atoms with Crippen LogP contribution < -0.4 is 5.32 Å². The van der Waals surface area contributed by atoms with Crippen molar-refractivity contribution in [1.82, 2.24) is 10.2 Å². The van der Waals surface area contributed by atoms with Gasteiger partial charge in [0.25, 0.3) is 5.91 Å². The van der Waals surface area contributed by atoms with Gasteiger partial charge in [-0.15, -0.1) is 0 Å². The Morgan fingerprint density at radius 2 is 1.31 bits per heavy atom. The molecule has 0 aliphatic heterocycles. The van der Waals surface area contributed by atoms with Crippen molar-refractivity contribution in [1.29, 1.82) is 0 Å². The lowest BCUT2D eigenvalue weighted by Gasteiger charge is -2.25. The number of nitrogens with zero attached hydrogens (tertiary/aromatic N) is 1. The number of hydrogen-bond donors (Lipinski definition) is 1. The van der Waals surface area contributed by atoms with Crippen LogP contribution in [0.15, 0.2) is 106 Å². The van der Waals surface area contributed by atoms with Crippen LogP contribution in [-0.2, 0) is 17.9 Å². The van der Waals surface area contributed by atoms with Gasteiger partial charge in [0.2, 0.25) is 5.91 Å². The minimum absolute atomic E-state index is 0.101. The molecule has 1 N–H and O–H groups in total. The van der Waals surface area contributed by atoms with E-state index < -0.39 is 6.04 Å². The average molecular weight is 428 g/mol. The smallest absolute Gasteiger partial charge is 0.251 e. The third-order valence-electron chi connectivity index (χ3n) is 5.13. The third kappa shape index (κ3) is 5.55. The molecule has 2 heterocycles. The molecule has 4 aromatic rings. The van der Waals surface area contributed by atoms with Crippen LogP contribution in [0.25, 0.3) is 0 Å². The molecule has 0 saturated heterocycles. The molecule has 0 aliphatic carbocycles. The molecule has 4 rings (SSSR count). The molecule has 0 spiro atoms. The second-order valence-corrected chi connectivity index (χ2v) is 7.42. The summed E-state index contributed by atoms with van der Waals surface area (Å²) in [6, 6.07) is 25.2. The van der Waals surface area contributed by atoms with E-state index in [0.717, 1.165) is 5.56 Å². The lowest BCUT2D eigenvalue weighted by atomic mass is 10.0. The van der Waals surface area contributed by atoms with E-state index in [9.17, 15) is 9.59 Å². The van der Waals surface area contributed by atoms with Crippen molar-refractivity contribution in [3.8, 4) is 0 Å². The summed E-state index contributed by atoms with van der Waals surface area (Å²) in [4.78, 5) is 27.9. The predicted molar refractivity (Wildman–Crippen MR) is 119 cm³/mol. The summed E-state index contributed by atoms with van der Waals surface area (Å²) in [7, 11) is 0. The van der Waals surface area contributed by atoms with Crippen molar-refractivity contribution in [3.05, 3.63) is 120 Å². The number of amides is 2. The molecule has 0 saturated carbocycles. The number of nitrogens with one attached hydrogen (secondary N) is 1. The first-order valence-electron chi connectivity index (χ1n) is 10.4. The van der Waals surface area contributed by atoms with Gasteiger partial charge < -0.3 is 19.1 Å². The Labute approximate surface area is 186 Å². The zero-order chi connectivity index (χ0) is 22.2. The molecule has 2 aromatic carbocycles. The molecule has 162 valence electrons. The molecule has 1 unspecified atom stereocenters. The van der Waals surface area contributed by atoms with Crippen molar-refractivity contribution in [2.45, 2.75) is 25.6 Å². The van der Waals surface area contributed by atoms with E-state index >= 15 is 0 Å². The second kappa shape index (κ2) is 10.3. The monoisotopic (exact) mass is 428 g/mol. The van der Waals surface area contributed by atoms with Gasteiger partial charge in [0, 0.05) is 5.56 Å². The zero-order valence-electron chi connectivity index (χ0n) is 17.5. The first-order valence-corrected chi connectivity index (χ1v) is 10.4. The van der Waals surface area contributed by atoms with Crippen LogP contribution in [0.5, 0.6) is 0 Å². The average Bonchev–Trinajstić information content (AvgIpc) is 3.54. The van der Waals surface area contributed by atoms with Crippen molar-refractivity contribution < 1.29 is 18.4 Å². The summed E-state index contributed by atoms with van der Waals surface area (Å²) in [5, 5.41) is 3.02. The van der Waals surface area contributed by atoms with Crippen LogP contribution in [0.4, 0.5) is 0 Å². The van der Waals surface area contributed by atoms with Crippen molar-refractivity contribution in [3.63, 3.8) is 0 Å². The fraction of sp³-hybridized carbons (Fsp3) is 0.154.